The molecule has 1 aromatic rings. The van der Waals surface area contributed by atoms with Gasteiger partial charge in [-0.3, -0.25) is 14.9 Å². The molecule has 2 N–H and O–H groups in total. The molecule has 6 nitrogen and oxygen atoms in total. The average Bonchev–Trinajstić information content (AvgIpc) is 2.36. The zero-order valence-electron chi connectivity index (χ0n) is 12.8. The Morgan fingerprint density at radius 3 is 2.52 bits per heavy atom. The van der Waals surface area contributed by atoms with Crippen molar-refractivity contribution in [1.29, 1.82) is 0 Å². The average molecular weight is 294 g/mol. The summed E-state index contributed by atoms with van der Waals surface area (Å²) in [4.78, 5) is 22.8. The van der Waals surface area contributed by atoms with E-state index < -0.39 is 10.8 Å². The van der Waals surface area contributed by atoms with Crippen molar-refractivity contribution in [3.63, 3.8) is 0 Å². The largest absolute Gasteiger partial charge is 0.396 e. The van der Waals surface area contributed by atoms with Crippen molar-refractivity contribution in [2.75, 3.05) is 6.61 Å². The van der Waals surface area contributed by atoms with E-state index in [1.54, 1.807) is 13.0 Å². The quantitative estimate of drug-likeness (QED) is 0.644. The summed E-state index contributed by atoms with van der Waals surface area (Å²) in [6.07, 6.45) is 0.398. The summed E-state index contributed by atoms with van der Waals surface area (Å²) < 4.78 is 0. The molecule has 0 saturated carbocycles. The minimum atomic E-state index is -0.563. The number of amides is 1. The number of nitrogens with zero attached hydrogens (tertiary/aromatic N) is 1. The first kappa shape index (κ1) is 17.1. The zero-order valence-corrected chi connectivity index (χ0v) is 12.8. The summed E-state index contributed by atoms with van der Waals surface area (Å²) in [5.74, 6) is -0.487. The molecule has 0 bridgehead atoms. The van der Waals surface area contributed by atoms with E-state index in [1.165, 1.54) is 12.1 Å². The van der Waals surface area contributed by atoms with Gasteiger partial charge in [0.15, 0.2) is 0 Å². The van der Waals surface area contributed by atoms with Crippen molar-refractivity contribution >= 4 is 11.6 Å². The van der Waals surface area contributed by atoms with Crippen LogP contribution in [0.5, 0.6) is 0 Å². The van der Waals surface area contributed by atoms with Crippen molar-refractivity contribution in [2.24, 2.45) is 5.41 Å². The smallest absolute Gasteiger partial charge is 0.282 e. The van der Waals surface area contributed by atoms with Crippen molar-refractivity contribution < 1.29 is 14.8 Å². The summed E-state index contributed by atoms with van der Waals surface area (Å²) in [6, 6.07) is 4.17. The normalized spacial score (nSPS) is 12.8. The molecule has 0 spiro atoms. The fourth-order valence-corrected chi connectivity index (χ4v) is 2.08. The molecule has 1 rings (SSSR count). The minimum absolute atomic E-state index is 0.0483. The van der Waals surface area contributed by atoms with Gasteiger partial charge >= 0.3 is 0 Å². The molecular weight excluding hydrogens is 272 g/mol. The summed E-state index contributed by atoms with van der Waals surface area (Å²) in [5.41, 5.74) is 0.360. The molecule has 0 fully saturated rings. The van der Waals surface area contributed by atoms with E-state index >= 15 is 0 Å². The van der Waals surface area contributed by atoms with Crippen LogP contribution in [0.15, 0.2) is 18.2 Å². The van der Waals surface area contributed by atoms with E-state index in [1.807, 2.05) is 20.8 Å². The number of nitrogens with one attached hydrogen (secondary N) is 1. The van der Waals surface area contributed by atoms with Gasteiger partial charge in [0.1, 0.15) is 5.56 Å². The maximum atomic E-state index is 12.4. The molecule has 116 valence electrons. The summed E-state index contributed by atoms with van der Waals surface area (Å²) in [5, 5.41) is 22.9. The highest BCUT2D eigenvalue weighted by atomic mass is 16.6. The monoisotopic (exact) mass is 294 g/mol. The van der Waals surface area contributed by atoms with Crippen LogP contribution in [-0.4, -0.2) is 28.6 Å². The third-order valence-electron chi connectivity index (χ3n) is 3.36. The Morgan fingerprint density at radius 1 is 1.43 bits per heavy atom. The van der Waals surface area contributed by atoms with Crippen LogP contribution < -0.4 is 5.32 Å². The van der Waals surface area contributed by atoms with Gasteiger partial charge in [0.05, 0.1) is 4.92 Å². The molecule has 1 amide bonds. The predicted octanol–water partition coefficient (Wildman–Crippen LogP) is 2.43. The molecule has 1 unspecified atom stereocenters. The number of aliphatic hydroxyl groups excluding tert-OH is 1. The van der Waals surface area contributed by atoms with Gasteiger partial charge in [-0.15, -0.1) is 0 Å². The van der Waals surface area contributed by atoms with Gasteiger partial charge < -0.3 is 10.4 Å². The standard InChI is InChI=1S/C15H22N2O4/c1-10-5-6-12(17(20)21)11(9-10)14(19)16-13(7-8-18)15(2,3)4/h5-6,9,13,18H,7-8H2,1-4H3,(H,16,19). The van der Waals surface area contributed by atoms with Crippen LogP contribution in [0.2, 0.25) is 0 Å². The van der Waals surface area contributed by atoms with Crippen LogP contribution in [0.3, 0.4) is 0 Å². The molecule has 0 aliphatic rings. The number of benzene rings is 1. The van der Waals surface area contributed by atoms with E-state index in [2.05, 4.69) is 5.32 Å². The first-order chi connectivity index (χ1) is 9.66. The van der Waals surface area contributed by atoms with Crippen molar-refractivity contribution in [3.8, 4) is 0 Å². The van der Waals surface area contributed by atoms with Crippen LogP contribution >= 0.6 is 0 Å². The van der Waals surface area contributed by atoms with Crippen LogP contribution in [-0.2, 0) is 0 Å². The SMILES string of the molecule is Cc1ccc([N+](=O)[O-])c(C(=O)NC(CCO)C(C)(C)C)c1. The number of nitro benzene ring substituents is 1. The third-order valence-corrected chi connectivity index (χ3v) is 3.36. The zero-order chi connectivity index (χ0) is 16.2. The Morgan fingerprint density at radius 2 is 2.05 bits per heavy atom. The topological polar surface area (TPSA) is 92.5 Å². The number of carbonyl (C=O) groups excluding carboxylic acids is 1. The lowest BCUT2D eigenvalue weighted by Crippen LogP contribution is -2.44. The fraction of sp³-hybridized carbons (Fsp3) is 0.533. The molecule has 0 radical (unpaired) electrons. The lowest BCUT2D eigenvalue weighted by molar-refractivity contribution is -0.385. The van der Waals surface area contributed by atoms with Crippen molar-refractivity contribution in [1.82, 2.24) is 5.32 Å². The van der Waals surface area contributed by atoms with Crippen molar-refractivity contribution in [3.05, 3.63) is 39.4 Å². The fourth-order valence-electron chi connectivity index (χ4n) is 2.08. The van der Waals surface area contributed by atoms with Gasteiger partial charge in [-0.25, -0.2) is 0 Å². The van der Waals surface area contributed by atoms with E-state index in [4.69, 9.17) is 5.11 Å². The number of hydrogen-bond acceptors (Lipinski definition) is 4. The molecule has 0 aliphatic carbocycles. The highest BCUT2D eigenvalue weighted by molar-refractivity contribution is 5.98. The summed E-state index contributed by atoms with van der Waals surface area (Å²) >= 11 is 0. The number of carbonyl (C=O) groups is 1. The van der Waals surface area contributed by atoms with Crippen LogP contribution in [0.25, 0.3) is 0 Å². The lowest BCUT2D eigenvalue weighted by atomic mass is 9.84. The van der Waals surface area contributed by atoms with Crippen LogP contribution in [0.1, 0.15) is 43.1 Å². The Kier molecular flexibility index (Phi) is 5.43. The van der Waals surface area contributed by atoms with E-state index in [-0.39, 0.29) is 29.3 Å². The number of aryl methyl sites for hydroxylation is 1. The van der Waals surface area contributed by atoms with E-state index in [0.29, 0.717) is 6.42 Å². The number of hydrogen-bond donors (Lipinski definition) is 2. The highest BCUT2D eigenvalue weighted by Gasteiger charge is 2.28. The number of aliphatic hydroxyl groups is 1. The van der Waals surface area contributed by atoms with Gasteiger partial charge in [0, 0.05) is 18.7 Å². The second kappa shape index (κ2) is 6.67. The first-order valence-electron chi connectivity index (χ1n) is 6.83. The molecule has 6 heteroatoms. The highest BCUT2D eigenvalue weighted by Crippen LogP contribution is 2.24. The Balaban J connectivity index is 3.08. The Hall–Kier alpha value is -1.95. The second-order valence-electron chi connectivity index (χ2n) is 6.18. The minimum Gasteiger partial charge on any atom is -0.396 e. The molecule has 1 atom stereocenters. The molecular formula is C15H22N2O4. The first-order valence-corrected chi connectivity index (χ1v) is 6.83. The van der Waals surface area contributed by atoms with Gasteiger partial charge in [-0.2, -0.15) is 0 Å². The van der Waals surface area contributed by atoms with Crippen LogP contribution in [0, 0.1) is 22.5 Å². The molecule has 1 aromatic carbocycles. The molecule has 21 heavy (non-hydrogen) atoms. The van der Waals surface area contributed by atoms with Gasteiger partial charge in [-0.1, -0.05) is 26.8 Å². The van der Waals surface area contributed by atoms with Gasteiger partial charge in [0.2, 0.25) is 0 Å². The van der Waals surface area contributed by atoms with Gasteiger partial charge in [-0.05, 0) is 30.4 Å². The molecule has 0 aliphatic heterocycles. The molecule has 0 heterocycles. The molecule has 0 saturated heterocycles. The van der Waals surface area contributed by atoms with E-state index in [0.717, 1.165) is 5.56 Å². The summed E-state index contributed by atoms with van der Waals surface area (Å²) in [6.45, 7) is 7.54. The predicted molar refractivity (Wildman–Crippen MR) is 80.2 cm³/mol. The third kappa shape index (κ3) is 4.53. The van der Waals surface area contributed by atoms with E-state index in [9.17, 15) is 14.9 Å². The van der Waals surface area contributed by atoms with Gasteiger partial charge in [0.25, 0.3) is 11.6 Å². The second-order valence-corrected chi connectivity index (χ2v) is 6.18. The molecule has 0 aromatic heterocycles. The summed E-state index contributed by atoms with van der Waals surface area (Å²) in [7, 11) is 0. The lowest BCUT2D eigenvalue weighted by Gasteiger charge is -2.31. The Bertz CT molecular complexity index is 535. The maximum absolute atomic E-state index is 12.4. The number of nitro groups is 1. The van der Waals surface area contributed by atoms with Crippen molar-refractivity contribution in [2.45, 2.75) is 40.2 Å². The number of rotatable bonds is 5. The maximum Gasteiger partial charge on any atom is 0.282 e. The van der Waals surface area contributed by atoms with Crippen LogP contribution in [0.4, 0.5) is 5.69 Å². The Labute approximate surface area is 124 Å².